The van der Waals surface area contributed by atoms with Gasteiger partial charge in [-0.05, 0) is 31.5 Å². The Morgan fingerprint density at radius 1 is 1.32 bits per heavy atom. The van der Waals surface area contributed by atoms with Gasteiger partial charge in [0.25, 0.3) is 5.91 Å². The van der Waals surface area contributed by atoms with Crippen molar-refractivity contribution in [3.63, 3.8) is 0 Å². The first kappa shape index (κ1) is 13.5. The van der Waals surface area contributed by atoms with Gasteiger partial charge in [-0.1, -0.05) is 12.1 Å². The van der Waals surface area contributed by atoms with E-state index in [0.29, 0.717) is 5.56 Å². The maximum absolute atomic E-state index is 12.8. The Balaban J connectivity index is 2.11. The number of nitrogens with one attached hydrogen (secondary N) is 1. The molecule has 0 saturated carbocycles. The molecule has 19 heavy (non-hydrogen) atoms. The van der Waals surface area contributed by atoms with Crippen LogP contribution >= 0.6 is 0 Å². The summed E-state index contributed by atoms with van der Waals surface area (Å²) in [6.45, 7) is 3.04. The third kappa shape index (κ3) is 2.58. The summed E-state index contributed by atoms with van der Waals surface area (Å²) >= 11 is 0. The number of rotatable bonds is 3. The number of aliphatic hydroxyl groups excluding tert-OH is 1. The molecule has 2 rings (SSSR count). The molecular weight excluding hydrogens is 251 g/mol. The minimum atomic E-state index is -1.04. The van der Waals surface area contributed by atoms with Gasteiger partial charge in [-0.3, -0.25) is 9.69 Å². The van der Waals surface area contributed by atoms with E-state index in [9.17, 15) is 19.1 Å². The van der Waals surface area contributed by atoms with E-state index in [-0.39, 0.29) is 6.54 Å². The van der Waals surface area contributed by atoms with Gasteiger partial charge in [0.2, 0.25) is 0 Å². The first-order chi connectivity index (χ1) is 8.81. The average Bonchev–Trinajstić information content (AvgIpc) is 2.52. The van der Waals surface area contributed by atoms with E-state index in [1.165, 1.54) is 24.3 Å². The number of aliphatic hydroxyl groups is 1. The second-order valence-corrected chi connectivity index (χ2v) is 5.04. The van der Waals surface area contributed by atoms with E-state index in [4.69, 9.17) is 0 Å². The van der Waals surface area contributed by atoms with Gasteiger partial charge in [-0.2, -0.15) is 0 Å². The molecule has 1 saturated heterocycles. The van der Waals surface area contributed by atoms with Crippen molar-refractivity contribution in [3.05, 3.63) is 35.6 Å². The Hall–Kier alpha value is -1.95. The summed E-state index contributed by atoms with van der Waals surface area (Å²) in [5.41, 5.74) is -0.508. The van der Waals surface area contributed by atoms with Gasteiger partial charge < -0.3 is 10.4 Å². The maximum Gasteiger partial charge on any atom is 0.325 e. The van der Waals surface area contributed by atoms with Crippen molar-refractivity contribution >= 4 is 11.9 Å². The van der Waals surface area contributed by atoms with Crippen LogP contribution in [0.5, 0.6) is 0 Å². The summed E-state index contributed by atoms with van der Waals surface area (Å²) in [7, 11) is 0. The Morgan fingerprint density at radius 2 is 1.89 bits per heavy atom. The fourth-order valence-electron chi connectivity index (χ4n) is 1.95. The molecular formula is C13H15FN2O3. The lowest BCUT2D eigenvalue weighted by molar-refractivity contribution is -0.131. The van der Waals surface area contributed by atoms with Crippen LogP contribution in [0, 0.1) is 5.82 Å². The molecule has 1 fully saturated rings. The van der Waals surface area contributed by atoms with Crippen LogP contribution in [-0.4, -0.2) is 34.0 Å². The number of urea groups is 1. The fraction of sp³-hybridized carbons (Fsp3) is 0.385. The van der Waals surface area contributed by atoms with Crippen LogP contribution in [0.1, 0.15) is 25.5 Å². The highest BCUT2D eigenvalue weighted by molar-refractivity contribution is 6.06. The Kier molecular flexibility index (Phi) is 3.28. The normalized spacial score (nSPS) is 19.5. The van der Waals surface area contributed by atoms with Crippen LogP contribution in [-0.2, 0) is 4.79 Å². The quantitative estimate of drug-likeness (QED) is 0.807. The topological polar surface area (TPSA) is 69.6 Å². The van der Waals surface area contributed by atoms with Crippen LogP contribution in [0.25, 0.3) is 0 Å². The molecule has 2 N–H and O–H groups in total. The molecule has 5 nitrogen and oxygen atoms in total. The van der Waals surface area contributed by atoms with Crippen molar-refractivity contribution < 1.29 is 19.1 Å². The molecule has 1 heterocycles. The van der Waals surface area contributed by atoms with Gasteiger partial charge in [0.15, 0.2) is 0 Å². The van der Waals surface area contributed by atoms with Gasteiger partial charge in [0, 0.05) is 0 Å². The second kappa shape index (κ2) is 4.62. The van der Waals surface area contributed by atoms with Crippen LogP contribution in [0.4, 0.5) is 9.18 Å². The lowest BCUT2D eigenvalue weighted by Crippen LogP contribution is -2.40. The summed E-state index contributed by atoms with van der Waals surface area (Å²) in [4.78, 5) is 24.5. The van der Waals surface area contributed by atoms with E-state index in [1.807, 2.05) is 0 Å². The SMILES string of the molecule is CC1(C)NC(=O)N(CC(O)c2ccc(F)cc2)C1=O. The molecule has 1 aromatic carbocycles. The standard InChI is InChI=1S/C13H15FN2O3/c1-13(2)11(18)16(12(19)15-13)7-10(17)8-3-5-9(14)6-4-8/h3-6,10,17H,7H2,1-2H3,(H,15,19). The predicted molar refractivity (Wildman–Crippen MR) is 65.7 cm³/mol. The van der Waals surface area contributed by atoms with Crippen molar-refractivity contribution in [2.75, 3.05) is 6.54 Å². The summed E-state index contributed by atoms with van der Waals surface area (Å²) in [6.07, 6.45) is -1.04. The highest BCUT2D eigenvalue weighted by Gasteiger charge is 2.44. The van der Waals surface area contributed by atoms with Crippen LogP contribution in [0.2, 0.25) is 0 Å². The third-order valence-corrected chi connectivity index (χ3v) is 3.05. The smallest absolute Gasteiger partial charge is 0.325 e. The first-order valence-electron chi connectivity index (χ1n) is 5.89. The molecule has 0 aromatic heterocycles. The number of carbonyl (C=O) groups is 2. The van der Waals surface area contributed by atoms with Crippen molar-refractivity contribution in [2.24, 2.45) is 0 Å². The van der Waals surface area contributed by atoms with Gasteiger partial charge in [-0.25, -0.2) is 9.18 Å². The molecule has 0 bridgehead atoms. The van der Waals surface area contributed by atoms with E-state index in [0.717, 1.165) is 4.90 Å². The largest absolute Gasteiger partial charge is 0.387 e. The number of halogens is 1. The Bertz CT molecular complexity index is 513. The van der Waals surface area contributed by atoms with E-state index in [2.05, 4.69) is 5.32 Å². The third-order valence-electron chi connectivity index (χ3n) is 3.05. The molecule has 1 atom stereocenters. The average molecular weight is 266 g/mol. The number of imide groups is 1. The Labute approximate surface area is 110 Å². The zero-order valence-electron chi connectivity index (χ0n) is 10.7. The monoisotopic (exact) mass is 266 g/mol. The second-order valence-electron chi connectivity index (χ2n) is 5.04. The summed E-state index contributed by atoms with van der Waals surface area (Å²) in [6, 6.07) is 4.74. The van der Waals surface area contributed by atoms with E-state index in [1.54, 1.807) is 13.8 Å². The molecule has 6 heteroatoms. The van der Waals surface area contributed by atoms with Crippen LogP contribution in [0.15, 0.2) is 24.3 Å². The fourth-order valence-corrected chi connectivity index (χ4v) is 1.95. The lowest BCUT2D eigenvalue weighted by Gasteiger charge is -2.19. The summed E-state index contributed by atoms with van der Waals surface area (Å²) in [5, 5.41) is 12.5. The van der Waals surface area contributed by atoms with Crippen LogP contribution < -0.4 is 5.32 Å². The highest BCUT2D eigenvalue weighted by Crippen LogP contribution is 2.21. The number of nitrogens with zero attached hydrogens (tertiary/aromatic N) is 1. The van der Waals surface area contributed by atoms with E-state index >= 15 is 0 Å². The minimum absolute atomic E-state index is 0.153. The number of hydrogen-bond donors (Lipinski definition) is 2. The number of hydrogen-bond acceptors (Lipinski definition) is 3. The van der Waals surface area contributed by atoms with E-state index < -0.39 is 29.4 Å². The molecule has 1 aliphatic heterocycles. The molecule has 0 spiro atoms. The van der Waals surface area contributed by atoms with Crippen molar-refractivity contribution in [1.82, 2.24) is 10.2 Å². The van der Waals surface area contributed by atoms with Crippen molar-refractivity contribution in [1.29, 1.82) is 0 Å². The molecule has 0 radical (unpaired) electrons. The van der Waals surface area contributed by atoms with Gasteiger partial charge in [-0.15, -0.1) is 0 Å². The molecule has 1 aliphatic rings. The first-order valence-corrected chi connectivity index (χ1v) is 5.89. The van der Waals surface area contributed by atoms with Gasteiger partial charge >= 0.3 is 6.03 Å². The summed E-state index contributed by atoms with van der Waals surface area (Å²) < 4.78 is 12.8. The number of amides is 3. The lowest BCUT2D eigenvalue weighted by atomic mass is 10.1. The summed E-state index contributed by atoms with van der Waals surface area (Å²) in [5.74, 6) is -0.800. The van der Waals surface area contributed by atoms with Crippen molar-refractivity contribution in [2.45, 2.75) is 25.5 Å². The molecule has 1 aromatic rings. The van der Waals surface area contributed by atoms with Gasteiger partial charge in [0.1, 0.15) is 11.4 Å². The molecule has 3 amide bonds. The maximum atomic E-state index is 12.8. The number of benzene rings is 1. The van der Waals surface area contributed by atoms with Gasteiger partial charge in [0.05, 0.1) is 12.6 Å². The molecule has 1 unspecified atom stereocenters. The minimum Gasteiger partial charge on any atom is -0.387 e. The van der Waals surface area contributed by atoms with Crippen molar-refractivity contribution in [3.8, 4) is 0 Å². The highest BCUT2D eigenvalue weighted by atomic mass is 19.1. The molecule has 0 aliphatic carbocycles. The number of carbonyl (C=O) groups excluding carboxylic acids is 2. The molecule has 102 valence electrons. The van der Waals surface area contributed by atoms with Crippen LogP contribution in [0.3, 0.4) is 0 Å². The zero-order valence-corrected chi connectivity index (χ0v) is 10.7. The zero-order chi connectivity index (χ0) is 14.2. The number of β-amino-alcohol motifs (C(OH)–C–C–N with tert-alkyl or cyclic N) is 1. The predicted octanol–water partition coefficient (Wildman–Crippen LogP) is 1.19. The Morgan fingerprint density at radius 3 is 2.37 bits per heavy atom.